The Morgan fingerprint density at radius 1 is 1.28 bits per heavy atom. The lowest BCUT2D eigenvalue weighted by atomic mass is 10.0. The van der Waals surface area contributed by atoms with Crippen LogP contribution in [0.5, 0.6) is 0 Å². The minimum Gasteiger partial charge on any atom is -0.390 e. The lowest BCUT2D eigenvalue weighted by Gasteiger charge is -2.16. The van der Waals surface area contributed by atoms with Gasteiger partial charge in [-0.1, -0.05) is 24.3 Å². The summed E-state index contributed by atoms with van der Waals surface area (Å²) < 4.78 is 5.50. The minimum atomic E-state index is -0.443. The molecule has 1 saturated heterocycles. The first-order valence-corrected chi connectivity index (χ1v) is 6.47. The van der Waals surface area contributed by atoms with Crippen molar-refractivity contribution in [1.82, 2.24) is 4.98 Å². The number of benzene rings is 1. The average Bonchev–Trinajstić information content (AvgIpc) is 2.92. The molecule has 0 saturated carbocycles. The number of ether oxygens (including phenoxy) is 1. The molecule has 0 spiro atoms. The van der Waals surface area contributed by atoms with Gasteiger partial charge in [0.25, 0.3) is 0 Å². The summed E-state index contributed by atoms with van der Waals surface area (Å²) in [6.07, 6.45) is 2.11. The van der Waals surface area contributed by atoms with E-state index in [0.717, 1.165) is 36.0 Å². The first kappa shape index (κ1) is 11.6. The number of hydrogen-bond acceptors (Lipinski definition) is 3. The molecule has 2 atom stereocenters. The van der Waals surface area contributed by atoms with Gasteiger partial charge >= 0.3 is 0 Å². The monoisotopic (exact) mass is 243 g/mol. The summed E-state index contributed by atoms with van der Waals surface area (Å²) in [5, 5.41) is 11.2. The third kappa shape index (κ3) is 2.37. The molecular formula is C15H17NO2. The number of nitrogens with zero attached hydrogens (tertiary/aromatic N) is 1. The molecule has 1 aromatic heterocycles. The zero-order valence-corrected chi connectivity index (χ0v) is 10.2. The molecule has 3 heteroatoms. The molecule has 0 aliphatic carbocycles. The van der Waals surface area contributed by atoms with Crippen LogP contribution in [-0.4, -0.2) is 28.9 Å². The number of para-hydroxylation sites is 1. The van der Waals surface area contributed by atoms with Gasteiger partial charge in [0.05, 0.1) is 17.7 Å². The Balaban J connectivity index is 1.77. The molecule has 1 aliphatic rings. The predicted octanol–water partition coefficient (Wildman–Crippen LogP) is 2.32. The Morgan fingerprint density at radius 2 is 2.17 bits per heavy atom. The van der Waals surface area contributed by atoms with E-state index in [4.69, 9.17) is 4.74 Å². The SMILES string of the molecule is OC(Cc1ccc2ccccc2n1)C1CCCO1. The van der Waals surface area contributed by atoms with Crippen molar-refractivity contribution in [3.05, 3.63) is 42.1 Å². The first-order valence-electron chi connectivity index (χ1n) is 6.47. The van der Waals surface area contributed by atoms with E-state index in [1.807, 2.05) is 30.3 Å². The number of aromatic nitrogens is 1. The molecule has 0 radical (unpaired) electrons. The maximum absolute atomic E-state index is 10.1. The van der Waals surface area contributed by atoms with Gasteiger partial charge in [-0.2, -0.15) is 0 Å². The van der Waals surface area contributed by atoms with Gasteiger partial charge in [-0.25, -0.2) is 0 Å². The number of aliphatic hydroxyl groups is 1. The van der Waals surface area contributed by atoms with Gasteiger partial charge in [0, 0.05) is 24.1 Å². The van der Waals surface area contributed by atoms with Crippen molar-refractivity contribution in [2.24, 2.45) is 0 Å². The van der Waals surface area contributed by atoms with Crippen molar-refractivity contribution in [3.63, 3.8) is 0 Å². The van der Waals surface area contributed by atoms with Gasteiger partial charge < -0.3 is 9.84 Å². The molecular weight excluding hydrogens is 226 g/mol. The summed E-state index contributed by atoms with van der Waals surface area (Å²) >= 11 is 0. The van der Waals surface area contributed by atoms with E-state index in [0.29, 0.717) is 6.42 Å². The van der Waals surface area contributed by atoms with E-state index in [2.05, 4.69) is 11.1 Å². The molecule has 2 aromatic rings. The molecule has 0 bridgehead atoms. The molecule has 3 nitrogen and oxygen atoms in total. The Labute approximate surface area is 106 Å². The summed E-state index contributed by atoms with van der Waals surface area (Å²) in [4.78, 5) is 4.57. The lowest BCUT2D eigenvalue weighted by Crippen LogP contribution is -2.27. The van der Waals surface area contributed by atoms with Crippen molar-refractivity contribution < 1.29 is 9.84 Å². The molecule has 3 rings (SSSR count). The second-order valence-corrected chi connectivity index (χ2v) is 4.82. The fourth-order valence-electron chi connectivity index (χ4n) is 2.47. The normalized spacial score (nSPS) is 21.3. The summed E-state index contributed by atoms with van der Waals surface area (Å²) in [7, 11) is 0. The van der Waals surface area contributed by atoms with Gasteiger partial charge in [0.15, 0.2) is 0 Å². The van der Waals surface area contributed by atoms with Crippen molar-refractivity contribution in [2.45, 2.75) is 31.5 Å². The lowest BCUT2D eigenvalue weighted by molar-refractivity contribution is -0.00118. The summed E-state index contributed by atoms with van der Waals surface area (Å²) in [5.41, 5.74) is 1.91. The van der Waals surface area contributed by atoms with Gasteiger partial charge in [0.2, 0.25) is 0 Å². The van der Waals surface area contributed by atoms with Gasteiger partial charge in [-0.3, -0.25) is 4.98 Å². The Bertz CT molecular complexity index is 535. The number of fused-ring (bicyclic) bond motifs is 1. The standard InChI is InChI=1S/C15H17NO2/c17-14(15-6-3-9-18-15)10-12-8-7-11-4-1-2-5-13(11)16-12/h1-2,4-5,7-8,14-15,17H,3,6,9-10H2. The van der Waals surface area contributed by atoms with Crippen LogP contribution in [0.3, 0.4) is 0 Å². The molecule has 1 N–H and O–H groups in total. The Hall–Kier alpha value is -1.45. The summed E-state index contributed by atoms with van der Waals surface area (Å²) in [6.45, 7) is 0.771. The summed E-state index contributed by atoms with van der Waals surface area (Å²) in [5.74, 6) is 0. The molecule has 1 aromatic carbocycles. The third-order valence-electron chi connectivity index (χ3n) is 3.47. The highest BCUT2D eigenvalue weighted by Gasteiger charge is 2.24. The highest BCUT2D eigenvalue weighted by atomic mass is 16.5. The Kier molecular flexibility index (Phi) is 3.26. The van der Waals surface area contributed by atoms with Crippen molar-refractivity contribution in [2.75, 3.05) is 6.61 Å². The van der Waals surface area contributed by atoms with E-state index in [9.17, 15) is 5.11 Å². The number of hydrogen-bond donors (Lipinski definition) is 1. The molecule has 1 fully saturated rings. The first-order chi connectivity index (χ1) is 8.83. The van der Waals surface area contributed by atoms with Crippen LogP contribution < -0.4 is 0 Å². The maximum Gasteiger partial charge on any atom is 0.0857 e. The van der Waals surface area contributed by atoms with Crippen molar-refractivity contribution in [3.8, 4) is 0 Å². The number of rotatable bonds is 3. The molecule has 2 heterocycles. The zero-order chi connectivity index (χ0) is 12.4. The van der Waals surface area contributed by atoms with Crippen LogP contribution in [0.25, 0.3) is 10.9 Å². The van der Waals surface area contributed by atoms with E-state index in [1.54, 1.807) is 0 Å². The quantitative estimate of drug-likeness (QED) is 0.899. The fourth-order valence-corrected chi connectivity index (χ4v) is 2.47. The van der Waals surface area contributed by atoms with Crippen molar-refractivity contribution in [1.29, 1.82) is 0 Å². The van der Waals surface area contributed by atoms with Crippen LogP contribution in [0.15, 0.2) is 36.4 Å². The van der Waals surface area contributed by atoms with Gasteiger partial charge in [-0.05, 0) is 25.0 Å². The average molecular weight is 243 g/mol. The Morgan fingerprint density at radius 3 is 3.00 bits per heavy atom. The van der Waals surface area contributed by atoms with Gasteiger partial charge in [-0.15, -0.1) is 0 Å². The van der Waals surface area contributed by atoms with Crippen LogP contribution in [0.1, 0.15) is 18.5 Å². The van der Waals surface area contributed by atoms with Crippen LogP contribution in [0.4, 0.5) is 0 Å². The molecule has 0 amide bonds. The topological polar surface area (TPSA) is 42.4 Å². The van der Waals surface area contributed by atoms with Crippen molar-refractivity contribution >= 4 is 10.9 Å². The predicted molar refractivity (Wildman–Crippen MR) is 70.4 cm³/mol. The van der Waals surface area contributed by atoms with Crippen LogP contribution >= 0.6 is 0 Å². The zero-order valence-electron chi connectivity index (χ0n) is 10.2. The van der Waals surface area contributed by atoms with E-state index in [1.165, 1.54) is 0 Å². The molecule has 94 valence electrons. The highest BCUT2D eigenvalue weighted by Crippen LogP contribution is 2.19. The van der Waals surface area contributed by atoms with Gasteiger partial charge in [0.1, 0.15) is 0 Å². The molecule has 1 aliphatic heterocycles. The van der Waals surface area contributed by atoms with Crippen LogP contribution in [-0.2, 0) is 11.2 Å². The van der Waals surface area contributed by atoms with E-state index < -0.39 is 6.10 Å². The number of pyridine rings is 1. The maximum atomic E-state index is 10.1. The van der Waals surface area contributed by atoms with E-state index in [-0.39, 0.29) is 6.10 Å². The second-order valence-electron chi connectivity index (χ2n) is 4.82. The smallest absolute Gasteiger partial charge is 0.0857 e. The van der Waals surface area contributed by atoms with E-state index >= 15 is 0 Å². The second kappa shape index (κ2) is 5.04. The summed E-state index contributed by atoms with van der Waals surface area (Å²) in [6, 6.07) is 12.1. The molecule has 18 heavy (non-hydrogen) atoms. The van der Waals surface area contributed by atoms with Crippen LogP contribution in [0, 0.1) is 0 Å². The number of aliphatic hydroxyl groups excluding tert-OH is 1. The molecule has 2 unspecified atom stereocenters. The minimum absolute atomic E-state index is 0.0155. The van der Waals surface area contributed by atoms with Crippen LogP contribution in [0.2, 0.25) is 0 Å². The third-order valence-corrected chi connectivity index (χ3v) is 3.47. The largest absolute Gasteiger partial charge is 0.390 e. The fraction of sp³-hybridized carbons (Fsp3) is 0.400. The highest BCUT2D eigenvalue weighted by molar-refractivity contribution is 5.78.